The molecule has 0 spiro atoms. The smallest absolute Gasteiger partial charge is 0.411 e. The molecule has 0 radical (unpaired) electrons. The van der Waals surface area contributed by atoms with Gasteiger partial charge in [-0.25, -0.2) is 4.79 Å². The standard InChI is InChI=1S/C17H23N3O4/c1-3-24-17(23)19-14-8-6-12(7-9-14)16(22)20-10-13(15(18)21)5-4-11(20)2/h6-9,11,13H,3-5,10H2,1-2H3,(H2,18,21)(H,19,23)/t11-,13+/m1/s1. The van der Waals surface area contributed by atoms with E-state index in [-0.39, 0.29) is 30.4 Å². The van der Waals surface area contributed by atoms with E-state index >= 15 is 0 Å². The number of likely N-dealkylation sites (tertiary alicyclic amines) is 1. The quantitative estimate of drug-likeness (QED) is 0.879. The van der Waals surface area contributed by atoms with Crippen LogP contribution < -0.4 is 11.1 Å². The summed E-state index contributed by atoms with van der Waals surface area (Å²) >= 11 is 0. The summed E-state index contributed by atoms with van der Waals surface area (Å²) in [7, 11) is 0. The average molecular weight is 333 g/mol. The Morgan fingerprint density at radius 1 is 1.25 bits per heavy atom. The summed E-state index contributed by atoms with van der Waals surface area (Å²) in [5, 5.41) is 2.57. The average Bonchev–Trinajstić information content (AvgIpc) is 2.55. The van der Waals surface area contributed by atoms with Gasteiger partial charge in [0.1, 0.15) is 0 Å². The zero-order valence-electron chi connectivity index (χ0n) is 14.0. The Morgan fingerprint density at radius 3 is 2.50 bits per heavy atom. The minimum Gasteiger partial charge on any atom is -0.450 e. The second-order valence-electron chi connectivity index (χ2n) is 5.91. The summed E-state index contributed by atoms with van der Waals surface area (Å²) in [6, 6.07) is 6.63. The molecule has 1 heterocycles. The molecule has 0 bridgehead atoms. The first-order valence-corrected chi connectivity index (χ1v) is 8.06. The minimum absolute atomic E-state index is 0.0606. The molecule has 7 heteroatoms. The first-order chi connectivity index (χ1) is 11.4. The second kappa shape index (κ2) is 7.81. The van der Waals surface area contributed by atoms with Crippen LogP contribution in [0.4, 0.5) is 10.5 Å². The number of nitrogens with one attached hydrogen (secondary N) is 1. The Kier molecular flexibility index (Phi) is 5.78. The number of carbonyl (C=O) groups excluding carboxylic acids is 3. The van der Waals surface area contributed by atoms with E-state index < -0.39 is 6.09 Å². The first kappa shape index (κ1) is 17.8. The van der Waals surface area contributed by atoms with Gasteiger partial charge in [0.15, 0.2) is 0 Å². The number of benzene rings is 1. The number of carbonyl (C=O) groups is 3. The van der Waals surface area contributed by atoms with Crippen molar-refractivity contribution in [2.75, 3.05) is 18.5 Å². The number of hydrogen-bond acceptors (Lipinski definition) is 4. The molecular formula is C17H23N3O4. The van der Waals surface area contributed by atoms with Gasteiger partial charge in [-0.3, -0.25) is 14.9 Å². The van der Waals surface area contributed by atoms with Crippen LogP contribution in [0.15, 0.2) is 24.3 Å². The van der Waals surface area contributed by atoms with Gasteiger partial charge >= 0.3 is 6.09 Å². The fourth-order valence-corrected chi connectivity index (χ4v) is 2.77. The number of amides is 3. The maximum atomic E-state index is 12.7. The number of hydrogen-bond donors (Lipinski definition) is 2. The highest BCUT2D eigenvalue weighted by Gasteiger charge is 2.32. The summed E-state index contributed by atoms with van der Waals surface area (Å²) in [4.78, 5) is 37.1. The molecule has 2 atom stereocenters. The summed E-state index contributed by atoms with van der Waals surface area (Å²) < 4.78 is 4.80. The van der Waals surface area contributed by atoms with Crippen molar-refractivity contribution in [1.82, 2.24) is 4.90 Å². The maximum absolute atomic E-state index is 12.7. The number of ether oxygens (including phenoxy) is 1. The van der Waals surface area contributed by atoms with E-state index in [0.29, 0.717) is 24.2 Å². The molecule has 0 aliphatic carbocycles. The molecule has 7 nitrogen and oxygen atoms in total. The second-order valence-corrected chi connectivity index (χ2v) is 5.91. The number of nitrogens with two attached hydrogens (primary N) is 1. The van der Waals surface area contributed by atoms with Crippen molar-refractivity contribution in [3.8, 4) is 0 Å². The Hall–Kier alpha value is -2.57. The van der Waals surface area contributed by atoms with Crippen molar-refractivity contribution in [2.45, 2.75) is 32.7 Å². The highest BCUT2D eigenvalue weighted by Crippen LogP contribution is 2.24. The summed E-state index contributed by atoms with van der Waals surface area (Å²) in [5.74, 6) is -0.806. The van der Waals surface area contributed by atoms with Gasteiger partial charge in [-0.15, -0.1) is 0 Å². The van der Waals surface area contributed by atoms with E-state index in [9.17, 15) is 14.4 Å². The van der Waals surface area contributed by atoms with E-state index in [2.05, 4.69) is 5.32 Å². The van der Waals surface area contributed by atoms with E-state index in [1.807, 2.05) is 6.92 Å². The van der Waals surface area contributed by atoms with Gasteiger partial charge in [0.2, 0.25) is 5.91 Å². The van der Waals surface area contributed by atoms with Gasteiger partial charge in [-0.2, -0.15) is 0 Å². The van der Waals surface area contributed by atoms with Crippen molar-refractivity contribution < 1.29 is 19.1 Å². The van der Waals surface area contributed by atoms with Crippen molar-refractivity contribution in [1.29, 1.82) is 0 Å². The van der Waals surface area contributed by atoms with Crippen LogP contribution in [-0.2, 0) is 9.53 Å². The van der Waals surface area contributed by atoms with Crippen LogP contribution in [0, 0.1) is 5.92 Å². The van der Waals surface area contributed by atoms with Crippen molar-refractivity contribution in [3.05, 3.63) is 29.8 Å². The lowest BCUT2D eigenvalue weighted by Gasteiger charge is -2.37. The highest BCUT2D eigenvalue weighted by molar-refractivity contribution is 5.95. The van der Waals surface area contributed by atoms with Crippen LogP contribution in [-0.4, -0.2) is 42.0 Å². The van der Waals surface area contributed by atoms with Gasteiger partial charge in [0.25, 0.3) is 5.91 Å². The Balaban J connectivity index is 2.06. The third-order valence-corrected chi connectivity index (χ3v) is 4.20. The zero-order valence-corrected chi connectivity index (χ0v) is 14.0. The molecule has 130 valence electrons. The molecule has 3 N–H and O–H groups in total. The predicted molar refractivity (Wildman–Crippen MR) is 89.5 cm³/mol. The number of rotatable bonds is 4. The largest absolute Gasteiger partial charge is 0.450 e. The van der Waals surface area contributed by atoms with E-state index in [1.54, 1.807) is 36.1 Å². The molecule has 1 fully saturated rings. The Bertz CT molecular complexity index is 615. The van der Waals surface area contributed by atoms with E-state index in [0.717, 1.165) is 6.42 Å². The Morgan fingerprint density at radius 2 is 1.92 bits per heavy atom. The van der Waals surface area contributed by atoms with Crippen molar-refractivity contribution in [3.63, 3.8) is 0 Å². The molecule has 0 saturated carbocycles. The molecule has 2 rings (SSSR count). The SMILES string of the molecule is CCOC(=O)Nc1ccc(C(=O)N2C[C@@H](C(N)=O)CC[C@H]2C)cc1. The van der Waals surface area contributed by atoms with Gasteiger partial charge in [-0.05, 0) is 51.0 Å². The molecule has 1 saturated heterocycles. The number of primary amides is 1. The predicted octanol–water partition coefficient (Wildman–Crippen LogP) is 1.98. The lowest BCUT2D eigenvalue weighted by Crippen LogP contribution is -2.48. The molecular weight excluding hydrogens is 310 g/mol. The van der Waals surface area contributed by atoms with Crippen LogP contribution in [0.5, 0.6) is 0 Å². The van der Waals surface area contributed by atoms with Crippen molar-refractivity contribution >= 4 is 23.6 Å². The third-order valence-electron chi connectivity index (χ3n) is 4.20. The maximum Gasteiger partial charge on any atom is 0.411 e. The molecule has 0 unspecified atom stereocenters. The topological polar surface area (TPSA) is 102 Å². The van der Waals surface area contributed by atoms with Gasteiger partial charge in [0.05, 0.1) is 12.5 Å². The van der Waals surface area contributed by atoms with Gasteiger partial charge < -0.3 is 15.4 Å². The monoisotopic (exact) mass is 333 g/mol. The molecule has 3 amide bonds. The first-order valence-electron chi connectivity index (χ1n) is 8.06. The number of nitrogens with zero attached hydrogens (tertiary/aromatic N) is 1. The molecule has 1 aromatic carbocycles. The normalized spacial score (nSPS) is 20.3. The number of piperidine rings is 1. The lowest BCUT2D eigenvalue weighted by atomic mass is 9.92. The third kappa shape index (κ3) is 4.24. The fourth-order valence-electron chi connectivity index (χ4n) is 2.77. The van der Waals surface area contributed by atoms with Gasteiger partial charge in [-0.1, -0.05) is 0 Å². The Labute approximate surface area is 141 Å². The van der Waals surface area contributed by atoms with Crippen molar-refractivity contribution in [2.24, 2.45) is 11.7 Å². The van der Waals surface area contributed by atoms with Crippen LogP contribution in [0.1, 0.15) is 37.0 Å². The fraction of sp³-hybridized carbons (Fsp3) is 0.471. The summed E-state index contributed by atoms with van der Waals surface area (Å²) in [6.07, 6.45) is 0.926. The molecule has 0 aromatic heterocycles. The lowest BCUT2D eigenvalue weighted by molar-refractivity contribution is -0.123. The molecule has 1 aliphatic heterocycles. The molecule has 24 heavy (non-hydrogen) atoms. The molecule has 1 aromatic rings. The van der Waals surface area contributed by atoms with E-state index in [1.165, 1.54) is 0 Å². The minimum atomic E-state index is -0.537. The van der Waals surface area contributed by atoms with Gasteiger partial charge in [0, 0.05) is 23.8 Å². The van der Waals surface area contributed by atoms with Crippen LogP contribution in [0.3, 0.4) is 0 Å². The zero-order chi connectivity index (χ0) is 17.7. The number of anilines is 1. The molecule has 1 aliphatic rings. The van der Waals surface area contributed by atoms with Crippen LogP contribution >= 0.6 is 0 Å². The summed E-state index contributed by atoms with van der Waals surface area (Å²) in [6.45, 7) is 4.32. The highest BCUT2D eigenvalue weighted by atomic mass is 16.5. The van der Waals surface area contributed by atoms with E-state index in [4.69, 9.17) is 10.5 Å². The van der Waals surface area contributed by atoms with Crippen LogP contribution in [0.25, 0.3) is 0 Å². The van der Waals surface area contributed by atoms with Crippen LogP contribution in [0.2, 0.25) is 0 Å². The summed E-state index contributed by atoms with van der Waals surface area (Å²) in [5.41, 5.74) is 6.42.